The molecule has 3 rings (SSSR count). The third kappa shape index (κ3) is 2.12. The van der Waals surface area contributed by atoms with Crippen molar-refractivity contribution in [1.82, 2.24) is 10.2 Å². The molecule has 20 heavy (non-hydrogen) atoms. The van der Waals surface area contributed by atoms with E-state index in [1.807, 2.05) is 19.1 Å². The Balaban J connectivity index is 1.93. The number of benzene rings is 1. The standard InChI is InChI=1S/C15H20N2O3/c1-2-20-12-8-5-6-10(13(12)18)14-16-15(19)11-7-3-4-9-17(11)14/h5-6,8,11,14,18H,2-4,7,9H2,1H3,(H,16,19)/t11-,14+/m1/s1. The summed E-state index contributed by atoms with van der Waals surface area (Å²) in [5, 5.41) is 13.3. The lowest BCUT2D eigenvalue weighted by atomic mass is 10.0. The average Bonchev–Trinajstić information content (AvgIpc) is 2.79. The van der Waals surface area contributed by atoms with Crippen LogP contribution in [-0.4, -0.2) is 35.1 Å². The number of rotatable bonds is 3. The van der Waals surface area contributed by atoms with E-state index in [4.69, 9.17) is 4.74 Å². The van der Waals surface area contributed by atoms with Gasteiger partial charge in [-0.25, -0.2) is 0 Å². The fourth-order valence-electron chi connectivity index (χ4n) is 3.15. The van der Waals surface area contributed by atoms with Gasteiger partial charge in [0.25, 0.3) is 0 Å². The van der Waals surface area contributed by atoms with Gasteiger partial charge in [0, 0.05) is 12.1 Å². The van der Waals surface area contributed by atoms with E-state index in [0.717, 1.165) is 25.8 Å². The molecule has 5 heteroatoms. The second-order valence-electron chi connectivity index (χ2n) is 5.29. The summed E-state index contributed by atoms with van der Waals surface area (Å²) in [6, 6.07) is 5.39. The maximum absolute atomic E-state index is 12.0. The second kappa shape index (κ2) is 5.32. The van der Waals surface area contributed by atoms with Gasteiger partial charge in [-0.15, -0.1) is 0 Å². The van der Waals surface area contributed by atoms with Gasteiger partial charge in [0.1, 0.15) is 6.17 Å². The highest BCUT2D eigenvalue weighted by Crippen LogP contribution is 2.39. The SMILES string of the molecule is CCOc1cccc([C@H]2NC(=O)[C@H]3CCCCN32)c1O. The largest absolute Gasteiger partial charge is 0.504 e. The van der Waals surface area contributed by atoms with Gasteiger partial charge in [-0.05, 0) is 25.8 Å². The summed E-state index contributed by atoms with van der Waals surface area (Å²) < 4.78 is 5.42. The van der Waals surface area contributed by atoms with Crippen molar-refractivity contribution in [2.45, 2.75) is 38.4 Å². The maximum atomic E-state index is 12.0. The molecular formula is C15H20N2O3. The van der Waals surface area contributed by atoms with Gasteiger partial charge in [0.2, 0.25) is 5.91 Å². The van der Waals surface area contributed by atoms with E-state index in [9.17, 15) is 9.90 Å². The highest BCUT2D eigenvalue weighted by molar-refractivity contribution is 5.84. The predicted octanol–water partition coefficient (Wildman–Crippen LogP) is 1.77. The van der Waals surface area contributed by atoms with Gasteiger partial charge in [-0.2, -0.15) is 0 Å². The number of fused-ring (bicyclic) bond motifs is 1. The summed E-state index contributed by atoms with van der Waals surface area (Å²) in [6.45, 7) is 3.26. The zero-order valence-electron chi connectivity index (χ0n) is 11.6. The first kappa shape index (κ1) is 13.2. The van der Waals surface area contributed by atoms with E-state index in [1.54, 1.807) is 6.07 Å². The van der Waals surface area contributed by atoms with E-state index in [-0.39, 0.29) is 23.9 Å². The number of phenolic OH excluding ortho intramolecular Hbond substituents is 1. The van der Waals surface area contributed by atoms with Crippen LogP contribution in [-0.2, 0) is 4.79 Å². The molecule has 2 aliphatic heterocycles. The fourth-order valence-corrected chi connectivity index (χ4v) is 3.15. The summed E-state index contributed by atoms with van der Waals surface area (Å²) >= 11 is 0. The number of hydrogen-bond donors (Lipinski definition) is 2. The first-order valence-electron chi connectivity index (χ1n) is 7.23. The molecule has 2 N–H and O–H groups in total. The van der Waals surface area contributed by atoms with Crippen molar-refractivity contribution in [3.05, 3.63) is 23.8 Å². The van der Waals surface area contributed by atoms with Crippen LogP contribution in [0, 0.1) is 0 Å². The smallest absolute Gasteiger partial charge is 0.238 e. The van der Waals surface area contributed by atoms with Crippen LogP contribution < -0.4 is 10.1 Å². The van der Waals surface area contributed by atoms with Crippen molar-refractivity contribution >= 4 is 5.91 Å². The van der Waals surface area contributed by atoms with Gasteiger partial charge < -0.3 is 15.2 Å². The minimum absolute atomic E-state index is 0.0519. The number of carbonyl (C=O) groups excluding carboxylic acids is 1. The van der Waals surface area contributed by atoms with Gasteiger partial charge in [0.15, 0.2) is 11.5 Å². The molecular weight excluding hydrogens is 256 g/mol. The topological polar surface area (TPSA) is 61.8 Å². The fraction of sp³-hybridized carbons (Fsp3) is 0.533. The molecule has 0 aliphatic carbocycles. The number of para-hydroxylation sites is 1. The molecule has 0 aromatic heterocycles. The zero-order valence-corrected chi connectivity index (χ0v) is 11.6. The molecule has 2 aliphatic rings. The number of aromatic hydroxyl groups is 1. The lowest BCUT2D eigenvalue weighted by Crippen LogP contribution is -2.38. The highest BCUT2D eigenvalue weighted by Gasteiger charge is 2.42. The monoisotopic (exact) mass is 276 g/mol. The molecule has 0 bridgehead atoms. The predicted molar refractivity (Wildman–Crippen MR) is 74.5 cm³/mol. The third-order valence-electron chi connectivity index (χ3n) is 4.08. The van der Waals surface area contributed by atoms with E-state index in [1.165, 1.54) is 0 Å². The lowest BCUT2D eigenvalue weighted by Gasteiger charge is -2.31. The minimum atomic E-state index is -0.242. The van der Waals surface area contributed by atoms with Gasteiger partial charge in [-0.3, -0.25) is 9.69 Å². The molecule has 1 aromatic carbocycles. The quantitative estimate of drug-likeness (QED) is 0.883. The number of carbonyl (C=O) groups is 1. The first-order chi connectivity index (χ1) is 9.72. The molecule has 5 nitrogen and oxygen atoms in total. The summed E-state index contributed by atoms with van der Waals surface area (Å²) in [6.07, 6.45) is 2.84. The van der Waals surface area contributed by atoms with Crippen LogP contribution in [0.3, 0.4) is 0 Å². The first-order valence-corrected chi connectivity index (χ1v) is 7.23. The number of amides is 1. The molecule has 108 valence electrons. The summed E-state index contributed by atoms with van der Waals surface area (Å²) in [5.74, 6) is 0.668. The summed E-state index contributed by atoms with van der Waals surface area (Å²) in [5.41, 5.74) is 0.716. The molecule has 2 fully saturated rings. The van der Waals surface area contributed by atoms with Gasteiger partial charge in [-0.1, -0.05) is 18.6 Å². The van der Waals surface area contributed by atoms with Gasteiger partial charge >= 0.3 is 0 Å². The molecule has 0 spiro atoms. The molecule has 2 atom stereocenters. The van der Waals surface area contributed by atoms with Crippen molar-refractivity contribution in [3.8, 4) is 11.5 Å². The Morgan fingerprint density at radius 2 is 2.30 bits per heavy atom. The van der Waals surface area contributed by atoms with Crippen molar-refractivity contribution in [2.75, 3.05) is 13.2 Å². The Morgan fingerprint density at radius 1 is 1.45 bits per heavy atom. The Kier molecular flexibility index (Phi) is 3.53. The number of hydrogen-bond acceptors (Lipinski definition) is 4. The summed E-state index contributed by atoms with van der Waals surface area (Å²) in [4.78, 5) is 14.2. The molecule has 0 unspecified atom stereocenters. The number of ether oxygens (including phenoxy) is 1. The molecule has 0 radical (unpaired) electrons. The van der Waals surface area contributed by atoms with Crippen LogP contribution in [0.4, 0.5) is 0 Å². The Morgan fingerprint density at radius 3 is 3.10 bits per heavy atom. The number of nitrogens with zero attached hydrogens (tertiary/aromatic N) is 1. The van der Waals surface area contributed by atoms with E-state index in [0.29, 0.717) is 17.9 Å². The summed E-state index contributed by atoms with van der Waals surface area (Å²) in [7, 11) is 0. The van der Waals surface area contributed by atoms with E-state index < -0.39 is 0 Å². The van der Waals surface area contributed by atoms with Crippen LogP contribution >= 0.6 is 0 Å². The Hall–Kier alpha value is -1.75. The van der Waals surface area contributed by atoms with Crippen LogP contribution in [0.1, 0.15) is 37.9 Å². The Bertz CT molecular complexity index is 518. The van der Waals surface area contributed by atoms with Crippen molar-refractivity contribution in [1.29, 1.82) is 0 Å². The van der Waals surface area contributed by atoms with Crippen molar-refractivity contribution < 1.29 is 14.6 Å². The molecule has 1 aromatic rings. The average molecular weight is 276 g/mol. The van der Waals surface area contributed by atoms with Crippen LogP contribution in [0.2, 0.25) is 0 Å². The van der Waals surface area contributed by atoms with Crippen LogP contribution in [0.15, 0.2) is 18.2 Å². The molecule has 1 amide bonds. The van der Waals surface area contributed by atoms with Gasteiger partial charge in [0.05, 0.1) is 12.6 Å². The zero-order chi connectivity index (χ0) is 14.1. The van der Waals surface area contributed by atoms with Crippen LogP contribution in [0.5, 0.6) is 11.5 Å². The number of piperidine rings is 1. The Labute approximate surface area is 118 Å². The maximum Gasteiger partial charge on any atom is 0.238 e. The molecule has 2 saturated heterocycles. The number of nitrogens with one attached hydrogen (secondary N) is 1. The van der Waals surface area contributed by atoms with Crippen molar-refractivity contribution in [2.24, 2.45) is 0 Å². The lowest BCUT2D eigenvalue weighted by molar-refractivity contribution is -0.122. The molecule has 0 saturated carbocycles. The highest BCUT2D eigenvalue weighted by atomic mass is 16.5. The van der Waals surface area contributed by atoms with E-state index >= 15 is 0 Å². The second-order valence-corrected chi connectivity index (χ2v) is 5.29. The molecule has 2 heterocycles. The third-order valence-corrected chi connectivity index (χ3v) is 4.08. The minimum Gasteiger partial charge on any atom is -0.504 e. The van der Waals surface area contributed by atoms with E-state index in [2.05, 4.69) is 10.2 Å². The number of phenols is 1. The van der Waals surface area contributed by atoms with Crippen LogP contribution in [0.25, 0.3) is 0 Å². The van der Waals surface area contributed by atoms with Crippen molar-refractivity contribution in [3.63, 3.8) is 0 Å². The normalized spacial score (nSPS) is 26.1.